The van der Waals surface area contributed by atoms with Crippen LogP contribution in [0.1, 0.15) is 45.6 Å². The molecule has 3 heteroatoms. The van der Waals surface area contributed by atoms with Crippen LogP contribution in [0.2, 0.25) is 0 Å². The van der Waals surface area contributed by atoms with Crippen molar-refractivity contribution in [1.82, 2.24) is 10.2 Å². The van der Waals surface area contributed by atoms with Crippen molar-refractivity contribution >= 4 is 0 Å². The predicted octanol–water partition coefficient (Wildman–Crippen LogP) is 3.53. The van der Waals surface area contributed by atoms with E-state index in [2.05, 4.69) is 49.2 Å². The molecule has 1 aromatic rings. The van der Waals surface area contributed by atoms with Gasteiger partial charge in [-0.1, -0.05) is 51.1 Å². The monoisotopic (exact) mass is 287 g/mol. The molecule has 0 amide bonds. The quantitative estimate of drug-likeness (QED) is 0.715. The van der Waals surface area contributed by atoms with Crippen LogP contribution in [0, 0.1) is 11.3 Å². The molecule has 0 heterocycles. The maximum absolute atomic E-state index is 9.80. The number of rotatable bonds is 10. The van der Waals surface area contributed by atoms with Crippen LogP contribution < -0.4 is 5.32 Å². The first-order chi connectivity index (χ1) is 10.2. The van der Waals surface area contributed by atoms with E-state index in [1.807, 2.05) is 18.2 Å². The molecular formula is C18H29N3. The molecule has 116 valence electrons. The molecule has 1 atom stereocenters. The number of benzene rings is 1. The normalized spacial score (nSPS) is 13.9. The number of nitrogens with one attached hydrogen (secondary N) is 1. The first-order valence-electron chi connectivity index (χ1n) is 8.16. The van der Waals surface area contributed by atoms with Gasteiger partial charge in [-0.15, -0.1) is 0 Å². The summed E-state index contributed by atoms with van der Waals surface area (Å²) < 4.78 is 0. The molecule has 0 aliphatic heterocycles. The van der Waals surface area contributed by atoms with E-state index >= 15 is 0 Å². The molecule has 0 saturated heterocycles. The summed E-state index contributed by atoms with van der Waals surface area (Å²) in [6.45, 7) is 10.4. The minimum Gasteiger partial charge on any atom is -0.303 e. The second kappa shape index (κ2) is 9.55. The molecule has 0 aromatic heterocycles. The van der Waals surface area contributed by atoms with E-state index in [1.54, 1.807) is 0 Å². The van der Waals surface area contributed by atoms with Crippen LogP contribution in [0.15, 0.2) is 30.3 Å². The second-order valence-electron chi connectivity index (χ2n) is 5.51. The molecule has 0 aliphatic carbocycles. The molecule has 0 spiro atoms. The number of hydrogen-bond donors (Lipinski definition) is 1. The summed E-state index contributed by atoms with van der Waals surface area (Å²) in [5.41, 5.74) is 0.498. The minimum absolute atomic E-state index is 0.574. The van der Waals surface area contributed by atoms with Crippen LogP contribution >= 0.6 is 0 Å². The van der Waals surface area contributed by atoms with Crippen molar-refractivity contribution in [2.75, 3.05) is 26.2 Å². The SMILES string of the molecule is CCCN(CCC)CCC(C#N)(NCC)c1ccccc1. The Morgan fingerprint density at radius 3 is 2.14 bits per heavy atom. The molecule has 0 radical (unpaired) electrons. The van der Waals surface area contributed by atoms with Crippen LogP contribution in [0.5, 0.6) is 0 Å². The fourth-order valence-electron chi connectivity index (χ4n) is 2.81. The Hall–Kier alpha value is -1.37. The third kappa shape index (κ3) is 5.15. The van der Waals surface area contributed by atoms with Gasteiger partial charge in [-0.25, -0.2) is 0 Å². The van der Waals surface area contributed by atoms with Gasteiger partial charge in [0.15, 0.2) is 0 Å². The highest BCUT2D eigenvalue weighted by atomic mass is 15.1. The van der Waals surface area contributed by atoms with Crippen LogP contribution in [0.25, 0.3) is 0 Å². The van der Waals surface area contributed by atoms with E-state index in [-0.39, 0.29) is 0 Å². The lowest BCUT2D eigenvalue weighted by Crippen LogP contribution is -2.44. The van der Waals surface area contributed by atoms with Gasteiger partial charge in [0.1, 0.15) is 5.54 Å². The van der Waals surface area contributed by atoms with Crippen molar-refractivity contribution in [2.45, 2.75) is 45.6 Å². The Balaban J connectivity index is 2.86. The smallest absolute Gasteiger partial charge is 0.133 e. The Morgan fingerprint density at radius 1 is 1.05 bits per heavy atom. The lowest BCUT2D eigenvalue weighted by molar-refractivity contribution is 0.241. The number of nitrogens with zero attached hydrogens (tertiary/aromatic N) is 2. The number of nitriles is 1. The van der Waals surface area contributed by atoms with Gasteiger partial charge in [0.05, 0.1) is 6.07 Å². The van der Waals surface area contributed by atoms with E-state index < -0.39 is 5.54 Å². The highest BCUT2D eigenvalue weighted by molar-refractivity contribution is 5.31. The molecule has 0 fully saturated rings. The van der Waals surface area contributed by atoms with Crippen LogP contribution in [-0.4, -0.2) is 31.1 Å². The fraction of sp³-hybridized carbons (Fsp3) is 0.611. The van der Waals surface area contributed by atoms with Gasteiger partial charge in [-0.3, -0.25) is 5.32 Å². The number of hydrogen-bond acceptors (Lipinski definition) is 3. The standard InChI is InChI=1S/C18H29N3/c1-4-13-21(14-5-2)15-12-18(16-19,20-6-3)17-10-8-7-9-11-17/h7-11,20H,4-6,12-15H2,1-3H3. The molecular weight excluding hydrogens is 258 g/mol. The second-order valence-corrected chi connectivity index (χ2v) is 5.51. The van der Waals surface area contributed by atoms with E-state index in [0.29, 0.717) is 0 Å². The van der Waals surface area contributed by atoms with Crippen LogP contribution in [0.4, 0.5) is 0 Å². The van der Waals surface area contributed by atoms with Crippen LogP contribution in [-0.2, 0) is 5.54 Å². The summed E-state index contributed by atoms with van der Waals surface area (Å²) in [5, 5.41) is 13.2. The summed E-state index contributed by atoms with van der Waals surface area (Å²) in [6, 6.07) is 12.7. The molecule has 1 unspecified atom stereocenters. The fourth-order valence-corrected chi connectivity index (χ4v) is 2.81. The highest BCUT2D eigenvalue weighted by Gasteiger charge is 2.31. The first kappa shape index (κ1) is 17.7. The van der Waals surface area contributed by atoms with E-state index in [1.165, 1.54) is 0 Å². The maximum atomic E-state index is 9.80. The molecule has 0 saturated carbocycles. The summed E-state index contributed by atoms with van der Waals surface area (Å²) in [7, 11) is 0. The molecule has 1 rings (SSSR count). The zero-order valence-corrected chi connectivity index (χ0v) is 13.7. The third-order valence-corrected chi connectivity index (χ3v) is 3.82. The molecule has 1 aromatic carbocycles. The Kier molecular flexibility index (Phi) is 8.04. The summed E-state index contributed by atoms with van der Waals surface area (Å²) in [5.74, 6) is 0. The molecule has 3 nitrogen and oxygen atoms in total. The Labute approximate surface area is 130 Å². The Bertz CT molecular complexity index is 418. The highest BCUT2D eigenvalue weighted by Crippen LogP contribution is 2.25. The van der Waals surface area contributed by atoms with Gasteiger partial charge in [0.25, 0.3) is 0 Å². The molecule has 0 aliphatic rings. The van der Waals surface area contributed by atoms with E-state index in [9.17, 15) is 5.26 Å². The molecule has 21 heavy (non-hydrogen) atoms. The lowest BCUT2D eigenvalue weighted by atomic mass is 9.87. The average molecular weight is 287 g/mol. The average Bonchev–Trinajstić information content (AvgIpc) is 2.52. The minimum atomic E-state index is -0.574. The lowest BCUT2D eigenvalue weighted by Gasteiger charge is -2.31. The zero-order chi connectivity index (χ0) is 15.6. The van der Waals surface area contributed by atoms with Crippen molar-refractivity contribution in [3.8, 4) is 6.07 Å². The van der Waals surface area contributed by atoms with Crippen molar-refractivity contribution in [3.63, 3.8) is 0 Å². The third-order valence-electron chi connectivity index (χ3n) is 3.82. The maximum Gasteiger partial charge on any atom is 0.133 e. The molecule has 0 bridgehead atoms. The van der Waals surface area contributed by atoms with Gasteiger partial charge < -0.3 is 4.90 Å². The largest absolute Gasteiger partial charge is 0.303 e. The summed E-state index contributed by atoms with van der Waals surface area (Å²) in [4.78, 5) is 2.46. The zero-order valence-electron chi connectivity index (χ0n) is 13.7. The van der Waals surface area contributed by atoms with Crippen LogP contribution in [0.3, 0.4) is 0 Å². The van der Waals surface area contributed by atoms with Gasteiger partial charge in [-0.2, -0.15) is 5.26 Å². The van der Waals surface area contributed by atoms with Gasteiger partial charge in [-0.05, 0) is 44.5 Å². The van der Waals surface area contributed by atoms with Crippen molar-refractivity contribution in [3.05, 3.63) is 35.9 Å². The van der Waals surface area contributed by atoms with Gasteiger partial charge in [0, 0.05) is 6.54 Å². The first-order valence-corrected chi connectivity index (χ1v) is 8.16. The Morgan fingerprint density at radius 2 is 1.67 bits per heavy atom. The predicted molar refractivity (Wildman–Crippen MR) is 89.0 cm³/mol. The van der Waals surface area contributed by atoms with E-state index in [0.717, 1.165) is 51.0 Å². The van der Waals surface area contributed by atoms with Gasteiger partial charge >= 0.3 is 0 Å². The van der Waals surface area contributed by atoms with Crippen molar-refractivity contribution in [1.29, 1.82) is 5.26 Å². The van der Waals surface area contributed by atoms with Crippen molar-refractivity contribution in [2.24, 2.45) is 0 Å². The van der Waals surface area contributed by atoms with Gasteiger partial charge in [0.2, 0.25) is 0 Å². The summed E-state index contributed by atoms with van der Waals surface area (Å²) >= 11 is 0. The topological polar surface area (TPSA) is 39.1 Å². The summed E-state index contributed by atoms with van der Waals surface area (Å²) in [6.07, 6.45) is 3.14. The van der Waals surface area contributed by atoms with Crippen molar-refractivity contribution < 1.29 is 0 Å². The molecule has 1 N–H and O–H groups in total. The van der Waals surface area contributed by atoms with E-state index in [4.69, 9.17) is 0 Å².